The van der Waals surface area contributed by atoms with Crippen molar-refractivity contribution in [3.8, 4) is 0 Å². The molecule has 4 saturated carbocycles. The molecule has 0 aromatic heterocycles. The number of Topliss-reactive ketones (excluding diaryl/α,β-unsaturated/α-hetero) is 2. The van der Waals surface area contributed by atoms with E-state index >= 15 is 0 Å². The van der Waals surface area contributed by atoms with Gasteiger partial charge in [-0.25, -0.2) is 0 Å². The maximum Gasteiger partial charge on any atom is 0.139 e. The van der Waals surface area contributed by atoms with Crippen LogP contribution in [0.4, 0.5) is 0 Å². The molecule has 4 aliphatic rings. The second-order valence-electron chi connectivity index (χ2n) is 9.42. The molecule has 3 heteroatoms. The van der Waals surface area contributed by atoms with Gasteiger partial charge in [-0.1, -0.05) is 13.8 Å². The van der Waals surface area contributed by atoms with E-state index in [1.807, 2.05) is 0 Å². The molecular formula is C20H30O3. The molecule has 0 aromatic rings. The Bertz CT molecular complexity index is 555. The number of rotatable bonds is 1. The zero-order valence-electron chi connectivity index (χ0n) is 14.6. The van der Waals surface area contributed by atoms with Crippen molar-refractivity contribution >= 4 is 11.6 Å². The molecule has 0 saturated heterocycles. The van der Waals surface area contributed by atoms with Crippen molar-refractivity contribution in [2.24, 2.45) is 34.0 Å². The first kappa shape index (κ1) is 15.8. The summed E-state index contributed by atoms with van der Waals surface area (Å²) in [4.78, 5) is 24.5. The van der Waals surface area contributed by atoms with Crippen molar-refractivity contribution in [2.45, 2.75) is 71.6 Å². The van der Waals surface area contributed by atoms with Crippen LogP contribution in [-0.2, 0) is 9.59 Å². The van der Waals surface area contributed by atoms with Crippen LogP contribution >= 0.6 is 0 Å². The fourth-order valence-corrected chi connectivity index (χ4v) is 7.35. The molecule has 1 N–H and O–H groups in total. The summed E-state index contributed by atoms with van der Waals surface area (Å²) in [5.41, 5.74) is -0.221. The van der Waals surface area contributed by atoms with E-state index in [1.54, 1.807) is 0 Å². The first-order chi connectivity index (χ1) is 10.9. The molecule has 0 unspecified atom stereocenters. The van der Waals surface area contributed by atoms with E-state index in [4.69, 9.17) is 0 Å². The molecule has 3 nitrogen and oxygen atoms in total. The highest BCUT2D eigenvalue weighted by Gasteiger charge is 2.64. The molecule has 0 heterocycles. The predicted octanol–water partition coefficient (Wildman–Crippen LogP) is 3.53. The van der Waals surface area contributed by atoms with Gasteiger partial charge in [0.05, 0.1) is 0 Å². The van der Waals surface area contributed by atoms with Gasteiger partial charge in [0.15, 0.2) is 0 Å². The molecule has 128 valence electrons. The highest BCUT2D eigenvalue weighted by molar-refractivity contribution is 5.87. The normalized spacial score (nSPS) is 52.7. The van der Waals surface area contributed by atoms with Crippen molar-refractivity contribution < 1.29 is 14.7 Å². The maximum absolute atomic E-state index is 12.4. The summed E-state index contributed by atoms with van der Waals surface area (Å²) in [5, 5.41) is 10.4. The average molecular weight is 318 g/mol. The lowest BCUT2D eigenvalue weighted by atomic mass is 9.40. The van der Waals surface area contributed by atoms with Crippen molar-refractivity contribution in [2.75, 3.05) is 6.61 Å². The van der Waals surface area contributed by atoms with Gasteiger partial charge in [-0.15, -0.1) is 0 Å². The predicted molar refractivity (Wildman–Crippen MR) is 87.8 cm³/mol. The summed E-state index contributed by atoms with van der Waals surface area (Å²) >= 11 is 0. The maximum atomic E-state index is 12.4. The summed E-state index contributed by atoms with van der Waals surface area (Å²) in [7, 11) is 0. The van der Waals surface area contributed by atoms with Crippen LogP contribution in [-0.4, -0.2) is 23.3 Å². The van der Waals surface area contributed by atoms with E-state index in [0.29, 0.717) is 42.2 Å². The Morgan fingerprint density at radius 2 is 1.78 bits per heavy atom. The Morgan fingerprint density at radius 1 is 1.00 bits per heavy atom. The minimum Gasteiger partial charge on any atom is -0.396 e. The number of hydrogen-bond acceptors (Lipinski definition) is 3. The summed E-state index contributed by atoms with van der Waals surface area (Å²) in [5.74, 6) is 2.45. The largest absolute Gasteiger partial charge is 0.396 e. The van der Waals surface area contributed by atoms with Gasteiger partial charge in [-0.2, -0.15) is 0 Å². The lowest BCUT2D eigenvalue weighted by Crippen LogP contribution is -2.60. The fraction of sp³-hybridized carbons (Fsp3) is 0.900. The summed E-state index contributed by atoms with van der Waals surface area (Å²) in [6.07, 6.45) is 8.19. The van der Waals surface area contributed by atoms with Gasteiger partial charge < -0.3 is 5.11 Å². The van der Waals surface area contributed by atoms with Crippen molar-refractivity contribution in [1.29, 1.82) is 0 Å². The van der Waals surface area contributed by atoms with Gasteiger partial charge in [-0.3, -0.25) is 9.59 Å². The zero-order chi connectivity index (χ0) is 16.5. The van der Waals surface area contributed by atoms with Gasteiger partial charge in [-0.05, 0) is 61.7 Å². The second-order valence-corrected chi connectivity index (χ2v) is 9.42. The Balaban J connectivity index is 1.72. The first-order valence-electron chi connectivity index (χ1n) is 9.52. The third-order valence-electron chi connectivity index (χ3n) is 8.81. The average Bonchev–Trinajstić information content (AvgIpc) is 2.82. The lowest BCUT2D eigenvalue weighted by molar-refractivity contribution is -0.181. The van der Waals surface area contributed by atoms with Crippen molar-refractivity contribution in [3.05, 3.63) is 0 Å². The quantitative estimate of drug-likeness (QED) is 0.804. The molecule has 0 bridgehead atoms. The number of aliphatic hydroxyl groups excluding tert-OH is 1. The van der Waals surface area contributed by atoms with Gasteiger partial charge in [0.2, 0.25) is 0 Å². The Morgan fingerprint density at radius 3 is 2.52 bits per heavy atom. The lowest BCUT2D eigenvalue weighted by Gasteiger charge is -2.64. The van der Waals surface area contributed by atoms with Gasteiger partial charge in [0.25, 0.3) is 0 Å². The molecule has 0 aliphatic heterocycles. The molecule has 0 radical (unpaired) electrons. The third-order valence-corrected chi connectivity index (χ3v) is 8.81. The van der Waals surface area contributed by atoms with Gasteiger partial charge >= 0.3 is 0 Å². The van der Waals surface area contributed by atoms with Crippen LogP contribution in [0.2, 0.25) is 0 Å². The van der Waals surface area contributed by atoms with Crippen LogP contribution in [0, 0.1) is 34.0 Å². The topological polar surface area (TPSA) is 54.4 Å². The fourth-order valence-electron chi connectivity index (χ4n) is 7.35. The Kier molecular flexibility index (Phi) is 3.37. The molecule has 0 amide bonds. The van der Waals surface area contributed by atoms with E-state index < -0.39 is 0 Å². The van der Waals surface area contributed by atoms with Crippen LogP contribution in [0.15, 0.2) is 0 Å². The van der Waals surface area contributed by atoms with E-state index in [-0.39, 0.29) is 22.9 Å². The van der Waals surface area contributed by atoms with Gasteiger partial charge in [0, 0.05) is 36.7 Å². The molecule has 0 aromatic carbocycles. The zero-order valence-corrected chi connectivity index (χ0v) is 14.6. The van der Waals surface area contributed by atoms with E-state index in [9.17, 15) is 14.7 Å². The second kappa shape index (κ2) is 4.91. The monoisotopic (exact) mass is 318 g/mol. The van der Waals surface area contributed by atoms with Crippen molar-refractivity contribution in [1.82, 2.24) is 0 Å². The summed E-state index contributed by atoms with van der Waals surface area (Å²) < 4.78 is 0. The Hall–Kier alpha value is -0.700. The third kappa shape index (κ3) is 1.86. The molecule has 6 atom stereocenters. The van der Waals surface area contributed by atoms with Gasteiger partial charge in [0.1, 0.15) is 11.6 Å². The number of fused-ring (bicyclic) bond motifs is 5. The standard InChI is InChI=1S/C20H30O3/c1-18-8-6-14-15-3-4-17(23)19(15,2)9-7-16(14)20(18,12-21)10-5-13(22)11-18/h14-16,21H,3-12H2,1-2H3/t14-,15+,16+,18+,19-,20-/m1/s1. The summed E-state index contributed by atoms with van der Waals surface area (Å²) in [6, 6.07) is 0. The first-order valence-corrected chi connectivity index (χ1v) is 9.52. The molecule has 4 aliphatic carbocycles. The number of aliphatic hydroxyl groups is 1. The number of hydrogen-bond donors (Lipinski definition) is 1. The van der Waals surface area contributed by atoms with Crippen molar-refractivity contribution in [3.63, 3.8) is 0 Å². The molecule has 0 spiro atoms. The number of carbonyl (C=O) groups excluding carboxylic acids is 2. The minimum atomic E-state index is -0.101. The summed E-state index contributed by atoms with van der Waals surface area (Å²) in [6.45, 7) is 4.67. The molecular weight excluding hydrogens is 288 g/mol. The number of carbonyl (C=O) groups is 2. The minimum absolute atomic E-state index is 0.0331. The highest BCUT2D eigenvalue weighted by atomic mass is 16.3. The van der Waals surface area contributed by atoms with E-state index in [1.165, 1.54) is 0 Å². The van der Waals surface area contributed by atoms with Crippen LogP contribution < -0.4 is 0 Å². The van der Waals surface area contributed by atoms with Crippen LogP contribution in [0.1, 0.15) is 71.6 Å². The Labute approximate surface area is 139 Å². The number of ketones is 2. The van der Waals surface area contributed by atoms with Crippen LogP contribution in [0.3, 0.4) is 0 Å². The van der Waals surface area contributed by atoms with E-state index in [0.717, 1.165) is 44.9 Å². The van der Waals surface area contributed by atoms with Crippen LogP contribution in [0.5, 0.6) is 0 Å². The molecule has 4 fully saturated rings. The highest BCUT2D eigenvalue weighted by Crippen LogP contribution is 2.68. The van der Waals surface area contributed by atoms with E-state index in [2.05, 4.69) is 13.8 Å². The van der Waals surface area contributed by atoms with Crippen LogP contribution in [0.25, 0.3) is 0 Å². The molecule has 4 rings (SSSR count). The SMILES string of the molecule is C[C@@]12CC[C@H]3[C@H](CC[C@@]4(C)C(=O)CC[C@@H]34)[C@]1(CO)CCC(=O)C2. The molecule has 23 heavy (non-hydrogen) atoms. The smallest absolute Gasteiger partial charge is 0.139 e.